The summed E-state index contributed by atoms with van der Waals surface area (Å²) in [6, 6.07) is 18.5. The highest BCUT2D eigenvalue weighted by molar-refractivity contribution is 5.85. The molecule has 2 heterocycles. The first-order chi connectivity index (χ1) is 12.3. The van der Waals surface area contributed by atoms with Crippen molar-refractivity contribution >= 4 is 10.9 Å². The van der Waals surface area contributed by atoms with Crippen LogP contribution in [-0.2, 0) is 11.3 Å². The Morgan fingerprint density at radius 2 is 1.76 bits per heavy atom. The lowest BCUT2D eigenvalue weighted by atomic mass is 10.0. The first-order valence-corrected chi connectivity index (χ1v) is 8.09. The second kappa shape index (κ2) is 6.79. The molecule has 0 aliphatic carbocycles. The number of benzene rings is 2. The minimum Gasteiger partial charge on any atom is -0.380 e. The van der Waals surface area contributed by atoms with Crippen LogP contribution in [0, 0.1) is 0 Å². The average molecular weight is 327 g/mol. The molecule has 0 spiro atoms. The number of hydrogen-bond acceptors (Lipinski definition) is 4. The standard InChI is InChI=1S/C21H17N3O/c1-25-14-15-4-2-5-16(10-15)17-7-8-20-19(11-17)13-23-21(24-20)18-6-3-9-22-12-18/h2-13H,14H2,1H3. The third-order valence-corrected chi connectivity index (χ3v) is 4.07. The largest absolute Gasteiger partial charge is 0.380 e. The molecular formula is C21H17N3O. The Balaban J connectivity index is 1.73. The summed E-state index contributed by atoms with van der Waals surface area (Å²) in [5.41, 5.74) is 5.30. The van der Waals surface area contributed by atoms with E-state index in [0.717, 1.165) is 33.2 Å². The van der Waals surface area contributed by atoms with Crippen molar-refractivity contribution in [3.05, 3.63) is 78.8 Å². The van der Waals surface area contributed by atoms with Crippen LogP contribution in [0.4, 0.5) is 0 Å². The number of methoxy groups -OCH3 is 1. The lowest BCUT2D eigenvalue weighted by Gasteiger charge is -2.07. The summed E-state index contributed by atoms with van der Waals surface area (Å²) < 4.78 is 5.22. The fourth-order valence-corrected chi connectivity index (χ4v) is 2.85. The predicted octanol–water partition coefficient (Wildman–Crippen LogP) is 4.51. The van der Waals surface area contributed by atoms with Gasteiger partial charge in [-0.05, 0) is 47.0 Å². The highest BCUT2D eigenvalue weighted by Gasteiger charge is 2.05. The molecule has 0 unspecified atom stereocenters. The lowest BCUT2D eigenvalue weighted by Crippen LogP contribution is -1.91. The molecule has 4 nitrogen and oxygen atoms in total. The molecule has 2 aromatic heterocycles. The number of fused-ring (bicyclic) bond motifs is 1. The van der Waals surface area contributed by atoms with Gasteiger partial charge in [-0.15, -0.1) is 0 Å². The third-order valence-electron chi connectivity index (χ3n) is 4.07. The highest BCUT2D eigenvalue weighted by Crippen LogP contribution is 2.25. The minimum absolute atomic E-state index is 0.610. The van der Waals surface area contributed by atoms with Crippen molar-refractivity contribution in [1.82, 2.24) is 15.0 Å². The topological polar surface area (TPSA) is 47.9 Å². The molecule has 2 aromatic carbocycles. The van der Waals surface area contributed by atoms with Gasteiger partial charge in [-0.25, -0.2) is 9.97 Å². The van der Waals surface area contributed by atoms with Gasteiger partial charge in [0.05, 0.1) is 12.1 Å². The summed E-state index contributed by atoms with van der Waals surface area (Å²) in [5.74, 6) is 0.690. The molecule has 4 rings (SSSR count). The van der Waals surface area contributed by atoms with Gasteiger partial charge in [0.2, 0.25) is 0 Å². The van der Waals surface area contributed by atoms with Gasteiger partial charge in [0.15, 0.2) is 5.82 Å². The molecule has 0 atom stereocenters. The van der Waals surface area contributed by atoms with Crippen LogP contribution >= 0.6 is 0 Å². The molecular weight excluding hydrogens is 310 g/mol. The average Bonchev–Trinajstić information content (AvgIpc) is 2.68. The van der Waals surface area contributed by atoms with E-state index in [0.29, 0.717) is 12.4 Å². The molecule has 4 aromatic rings. The second-order valence-electron chi connectivity index (χ2n) is 5.84. The Bertz CT molecular complexity index is 1020. The Labute approximate surface area is 146 Å². The lowest BCUT2D eigenvalue weighted by molar-refractivity contribution is 0.185. The van der Waals surface area contributed by atoms with Crippen LogP contribution in [0.3, 0.4) is 0 Å². The van der Waals surface area contributed by atoms with Crippen LogP contribution in [0.25, 0.3) is 33.4 Å². The minimum atomic E-state index is 0.610. The van der Waals surface area contributed by atoms with Crippen LogP contribution in [-0.4, -0.2) is 22.1 Å². The Hall–Kier alpha value is -3.11. The SMILES string of the molecule is COCc1cccc(-c2ccc3nc(-c4cccnc4)ncc3c2)c1. The Morgan fingerprint density at radius 1 is 0.880 bits per heavy atom. The predicted molar refractivity (Wildman–Crippen MR) is 98.9 cm³/mol. The molecule has 4 heteroatoms. The molecule has 0 aliphatic rings. The molecule has 0 radical (unpaired) electrons. The molecule has 122 valence electrons. The van der Waals surface area contributed by atoms with Crippen molar-refractivity contribution in [2.75, 3.05) is 7.11 Å². The first-order valence-electron chi connectivity index (χ1n) is 8.09. The smallest absolute Gasteiger partial charge is 0.161 e. The van der Waals surface area contributed by atoms with Crippen LogP contribution in [0.2, 0.25) is 0 Å². The van der Waals surface area contributed by atoms with E-state index < -0.39 is 0 Å². The van der Waals surface area contributed by atoms with E-state index in [1.165, 1.54) is 0 Å². The second-order valence-corrected chi connectivity index (χ2v) is 5.84. The zero-order valence-corrected chi connectivity index (χ0v) is 13.9. The molecule has 0 bridgehead atoms. The summed E-state index contributed by atoms with van der Waals surface area (Å²) in [7, 11) is 1.71. The van der Waals surface area contributed by atoms with Gasteiger partial charge in [0, 0.05) is 36.7 Å². The number of aromatic nitrogens is 3. The van der Waals surface area contributed by atoms with Gasteiger partial charge in [-0.2, -0.15) is 0 Å². The number of rotatable bonds is 4. The number of pyridine rings is 1. The summed E-state index contributed by atoms with van der Waals surface area (Å²) in [5, 5.41) is 1.02. The van der Waals surface area contributed by atoms with Crippen molar-refractivity contribution in [3.8, 4) is 22.5 Å². The molecule has 0 N–H and O–H groups in total. The molecule has 25 heavy (non-hydrogen) atoms. The van der Waals surface area contributed by atoms with Crippen LogP contribution in [0.5, 0.6) is 0 Å². The monoisotopic (exact) mass is 327 g/mol. The number of hydrogen-bond donors (Lipinski definition) is 0. The van der Waals surface area contributed by atoms with Crippen molar-refractivity contribution in [3.63, 3.8) is 0 Å². The van der Waals surface area contributed by atoms with Crippen molar-refractivity contribution in [2.45, 2.75) is 6.61 Å². The maximum atomic E-state index is 5.22. The molecule has 0 aliphatic heterocycles. The van der Waals surface area contributed by atoms with E-state index in [4.69, 9.17) is 4.74 Å². The molecule has 0 saturated carbocycles. The number of ether oxygens (including phenoxy) is 1. The van der Waals surface area contributed by atoms with Gasteiger partial charge >= 0.3 is 0 Å². The molecule has 0 amide bonds. The van der Waals surface area contributed by atoms with Crippen LogP contribution in [0.15, 0.2) is 73.2 Å². The molecule has 0 fully saturated rings. The van der Waals surface area contributed by atoms with Gasteiger partial charge in [-0.3, -0.25) is 4.98 Å². The first kappa shape index (κ1) is 15.4. The van der Waals surface area contributed by atoms with Crippen LogP contribution in [0.1, 0.15) is 5.56 Å². The zero-order chi connectivity index (χ0) is 17.1. The highest BCUT2D eigenvalue weighted by atomic mass is 16.5. The van der Waals surface area contributed by atoms with E-state index in [1.807, 2.05) is 24.4 Å². The van der Waals surface area contributed by atoms with Crippen molar-refractivity contribution in [2.24, 2.45) is 0 Å². The fraction of sp³-hybridized carbons (Fsp3) is 0.0952. The summed E-state index contributed by atoms with van der Waals surface area (Å²) >= 11 is 0. The summed E-state index contributed by atoms with van der Waals surface area (Å²) in [4.78, 5) is 13.3. The van der Waals surface area contributed by atoms with Gasteiger partial charge in [0.1, 0.15) is 0 Å². The van der Waals surface area contributed by atoms with Gasteiger partial charge in [-0.1, -0.05) is 24.3 Å². The third kappa shape index (κ3) is 3.25. The van der Waals surface area contributed by atoms with Crippen molar-refractivity contribution < 1.29 is 4.74 Å². The Kier molecular flexibility index (Phi) is 4.19. The van der Waals surface area contributed by atoms with E-state index >= 15 is 0 Å². The quantitative estimate of drug-likeness (QED) is 0.553. The van der Waals surface area contributed by atoms with Crippen LogP contribution < -0.4 is 0 Å². The summed E-state index contributed by atoms with van der Waals surface area (Å²) in [6.45, 7) is 0.610. The zero-order valence-electron chi connectivity index (χ0n) is 13.9. The van der Waals surface area contributed by atoms with Crippen molar-refractivity contribution in [1.29, 1.82) is 0 Å². The summed E-state index contributed by atoms with van der Waals surface area (Å²) in [6.07, 6.45) is 5.39. The number of nitrogens with zero attached hydrogens (tertiary/aromatic N) is 3. The Morgan fingerprint density at radius 3 is 2.60 bits per heavy atom. The van der Waals surface area contributed by atoms with E-state index in [9.17, 15) is 0 Å². The van der Waals surface area contributed by atoms with E-state index in [2.05, 4.69) is 51.4 Å². The maximum absolute atomic E-state index is 5.22. The maximum Gasteiger partial charge on any atom is 0.161 e. The fourth-order valence-electron chi connectivity index (χ4n) is 2.85. The molecule has 0 saturated heterocycles. The normalized spacial score (nSPS) is 10.9. The van der Waals surface area contributed by atoms with Gasteiger partial charge < -0.3 is 4.74 Å². The van der Waals surface area contributed by atoms with E-state index in [1.54, 1.807) is 19.5 Å². The van der Waals surface area contributed by atoms with E-state index in [-0.39, 0.29) is 0 Å². The van der Waals surface area contributed by atoms with Gasteiger partial charge in [0.25, 0.3) is 0 Å².